The van der Waals surface area contributed by atoms with Gasteiger partial charge in [-0.3, -0.25) is 0 Å². The van der Waals surface area contributed by atoms with E-state index in [1.54, 1.807) is 60.7 Å². The first-order valence-corrected chi connectivity index (χ1v) is 8.60. The Hall–Kier alpha value is -2.74. The van der Waals surface area contributed by atoms with Crippen LogP contribution in [-0.2, 0) is 18.9 Å². The molecule has 0 spiro atoms. The van der Waals surface area contributed by atoms with E-state index < -0.39 is 42.6 Å². The first kappa shape index (κ1) is 17.7. The zero-order chi connectivity index (χ0) is 18.8. The maximum Gasteiger partial charge on any atom is 0.338 e. The quantitative estimate of drug-likeness (QED) is 0.817. The molecule has 5 atom stereocenters. The van der Waals surface area contributed by atoms with E-state index in [4.69, 9.17) is 18.9 Å². The molecule has 0 amide bonds. The van der Waals surface area contributed by atoms with Crippen LogP contribution < -0.4 is 0 Å². The average Bonchev–Trinajstić information content (AvgIpc) is 3.15. The minimum absolute atomic E-state index is 0.133. The monoisotopic (exact) mass is 370 g/mol. The fourth-order valence-corrected chi connectivity index (χ4v) is 3.16. The third kappa shape index (κ3) is 3.57. The molecule has 1 N–H and O–H groups in total. The highest BCUT2D eigenvalue weighted by Crippen LogP contribution is 2.32. The molecular formula is C20H18O7. The number of carbonyl (C=O) groups excluding carboxylic acids is 2. The van der Waals surface area contributed by atoms with Crippen molar-refractivity contribution in [1.82, 2.24) is 0 Å². The summed E-state index contributed by atoms with van der Waals surface area (Å²) in [5.74, 6) is -1.22. The molecule has 0 aromatic heterocycles. The van der Waals surface area contributed by atoms with E-state index in [0.717, 1.165) is 0 Å². The highest BCUT2D eigenvalue weighted by Gasteiger charge is 2.54. The van der Waals surface area contributed by atoms with Gasteiger partial charge in [-0.25, -0.2) is 9.59 Å². The maximum absolute atomic E-state index is 12.3. The van der Waals surface area contributed by atoms with Gasteiger partial charge in [-0.05, 0) is 24.3 Å². The van der Waals surface area contributed by atoms with Crippen molar-refractivity contribution >= 4 is 11.9 Å². The van der Waals surface area contributed by atoms with E-state index in [0.29, 0.717) is 11.1 Å². The van der Waals surface area contributed by atoms with Gasteiger partial charge in [-0.15, -0.1) is 0 Å². The van der Waals surface area contributed by atoms with Crippen LogP contribution >= 0.6 is 0 Å². The van der Waals surface area contributed by atoms with Crippen LogP contribution in [0.4, 0.5) is 0 Å². The van der Waals surface area contributed by atoms with Crippen molar-refractivity contribution in [2.45, 2.75) is 30.7 Å². The molecule has 2 bridgehead atoms. The largest absolute Gasteiger partial charge is 0.453 e. The topological polar surface area (TPSA) is 91.3 Å². The highest BCUT2D eigenvalue weighted by molar-refractivity contribution is 5.90. The molecular weight excluding hydrogens is 352 g/mol. The number of ether oxygens (including phenoxy) is 4. The summed E-state index contributed by atoms with van der Waals surface area (Å²) in [4.78, 5) is 24.7. The lowest BCUT2D eigenvalue weighted by molar-refractivity contribution is -0.228. The van der Waals surface area contributed by atoms with Crippen LogP contribution in [0.15, 0.2) is 60.7 Å². The molecule has 2 heterocycles. The smallest absolute Gasteiger partial charge is 0.338 e. The standard InChI is InChI=1S/C20H18O7/c21-15-16(26-18(22)12-7-3-1-4-8-12)14-11-24-20(25-14)17(15)27-19(23)13-9-5-2-6-10-13/h1-10,14-17,20-21H,11H2/t14-,15-,16+,17+,20-/m0/s1. The SMILES string of the molecule is O=C(O[C@H]1[C@H]2OC[C@H](O2)[C@@H](OC(=O)c2ccccc2)[C@@H]1O)c1ccccc1. The Morgan fingerprint density at radius 1 is 0.852 bits per heavy atom. The van der Waals surface area contributed by atoms with Gasteiger partial charge < -0.3 is 24.1 Å². The van der Waals surface area contributed by atoms with Crippen LogP contribution in [-0.4, -0.2) is 54.4 Å². The number of rotatable bonds is 4. The van der Waals surface area contributed by atoms with E-state index in [2.05, 4.69) is 0 Å². The van der Waals surface area contributed by atoms with Gasteiger partial charge in [0.05, 0.1) is 17.7 Å². The minimum Gasteiger partial charge on any atom is -0.453 e. The van der Waals surface area contributed by atoms with Crippen LogP contribution in [0.1, 0.15) is 20.7 Å². The average molecular weight is 370 g/mol. The summed E-state index contributed by atoms with van der Waals surface area (Å²) in [6.45, 7) is 0.133. The summed E-state index contributed by atoms with van der Waals surface area (Å²) in [5.41, 5.74) is 0.686. The first-order valence-electron chi connectivity index (χ1n) is 8.60. The molecule has 7 heteroatoms. The summed E-state index contributed by atoms with van der Waals surface area (Å²) in [7, 11) is 0. The van der Waals surface area contributed by atoms with E-state index in [9.17, 15) is 14.7 Å². The summed E-state index contributed by atoms with van der Waals surface area (Å²) in [6.07, 6.45) is -4.90. The van der Waals surface area contributed by atoms with E-state index in [1.165, 1.54) is 0 Å². The number of fused-ring (bicyclic) bond motifs is 2. The second-order valence-electron chi connectivity index (χ2n) is 6.34. The summed E-state index contributed by atoms with van der Waals surface area (Å²) in [6, 6.07) is 16.8. The van der Waals surface area contributed by atoms with Crippen LogP contribution in [0.5, 0.6) is 0 Å². The van der Waals surface area contributed by atoms with Crippen LogP contribution in [0, 0.1) is 0 Å². The Labute approximate surface area is 155 Å². The number of esters is 2. The van der Waals surface area contributed by atoms with Gasteiger partial charge in [-0.2, -0.15) is 0 Å². The van der Waals surface area contributed by atoms with Crippen molar-refractivity contribution < 1.29 is 33.6 Å². The Balaban J connectivity index is 1.49. The number of aliphatic hydroxyl groups is 1. The molecule has 2 aliphatic heterocycles. The van der Waals surface area contributed by atoms with Crippen LogP contribution in [0.3, 0.4) is 0 Å². The zero-order valence-electron chi connectivity index (χ0n) is 14.3. The molecule has 0 unspecified atom stereocenters. The summed E-state index contributed by atoms with van der Waals surface area (Å²) < 4.78 is 22.0. The molecule has 0 saturated carbocycles. The molecule has 2 aliphatic rings. The highest BCUT2D eigenvalue weighted by atomic mass is 16.8. The van der Waals surface area contributed by atoms with Crippen molar-refractivity contribution in [3.05, 3.63) is 71.8 Å². The number of carbonyl (C=O) groups is 2. The molecule has 4 rings (SSSR count). The predicted octanol–water partition coefficient (Wildman–Crippen LogP) is 1.55. The van der Waals surface area contributed by atoms with E-state index in [1.807, 2.05) is 0 Å². The van der Waals surface area contributed by atoms with E-state index >= 15 is 0 Å². The molecule has 2 aromatic rings. The van der Waals surface area contributed by atoms with Crippen molar-refractivity contribution in [3.63, 3.8) is 0 Å². The van der Waals surface area contributed by atoms with Gasteiger partial charge in [0.25, 0.3) is 0 Å². The molecule has 0 radical (unpaired) electrons. The Morgan fingerprint density at radius 2 is 1.37 bits per heavy atom. The lowest BCUT2D eigenvalue weighted by Crippen LogP contribution is -2.56. The van der Waals surface area contributed by atoms with Gasteiger partial charge in [0, 0.05) is 0 Å². The fourth-order valence-electron chi connectivity index (χ4n) is 3.16. The maximum atomic E-state index is 12.3. The first-order chi connectivity index (χ1) is 13.1. The van der Waals surface area contributed by atoms with Crippen LogP contribution in [0.2, 0.25) is 0 Å². The van der Waals surface area contributed by atoms with Crippen molar-refractivity contribution in [2.75, 3.05) is 6.61 Å². The van der Waals surface area contributed by atoms with Gasteiger partial charge >= 0.3 is 11.9 Å². The lowest BCUT2D eigenvalue weighted by atomic mass is 10.0. The minimum atomic E-state index is -1.27. The Bertz CT molecular complexity index is 740. The normalized spacial score (nSPS) is 29.1. The Morgan fingerprint density at radius 3 is 1.93 bits per heavy atom. The van der Waals surface area contributed by atoms with Gasteiger partial charge in [-0.1, -0.05) is 36.4 Å². The second-order valence-corrected chi connectivity index (χ2v) is 6.34. The summed E-state index contributed by atoms with van der Waals surface area (Å²) >= 11 is 0. The molecule has 140 valence electrons. The lowest BCUT2D eigenvalue weighted by Gasteiger charge is -2.36. The number of hydrogen-bond acceptors (Lipinski definition) is 7. The Kier molecular flexibility index (Phi) is 4.89. The number of aliphatic hydroxyl groups excluding tert-OH is 1. The molecule has 2 saturated heterocycles. The van der Waals surface area contributed by atoms with Crippen molar-refractivity contribution in [3.8, 4) is 0 Å². The molecule has 2 aromatic carbocycles. The molecule has 7 nitrogen and oxygen atoms in total. The van der Waals surface area contributed by atoms with Crippen LogP contribution in [0.25, 0.3) is 0 Å². The molecule has 27 heavy (non-hydrogen) atoms. The zero-order valence-corrected chi connectivity index (χ0v) is 14.3. The second kappa shape index (κ2) is 7.48. The molecule has 2 fully saturated rings. The van der Waals surface area contributed by atoms with Crippen molar-refractivity contribution in [1.29, 1.82) is 0 Å². The third-order valence-electron chi connectivity index (χ3n) is 4.55. The van der Waals surface area contributed by atoms with Crippen molar-refractivity contribution in [2.24, 2.45) is 0 Å². The summed E-state index contributed by atoms with van der Waals surface area (Å²) in [5, 5.41) is 10.7. The third-order valence-corrected chi connectivity index (χ3v) is 4.55. The van der Waals surface area contributed by atoms with Gasteiger partial charge in [0.1, 0.15) is 12.2 Å². The molecule has 0 aliphatic carbocycles. The number of benzene rings is 2. The van der Waals surface area contributed by atoms with Gasteiger partial charge in [0.2, 0.25) is 0 Å². The van der Waals surface area contributed by atoms with Gasteiger partial charge in [0.15, 0.2) is 18.5 Å². The van der Waals surface area contributed by atoms with E-state index in [-0.39, 0.29) is 6.61 Å². The fraction of sp³-hybridized carbons (Fsp3) is 0.300. The predicted molar refractivity (Wildman–Crippen MR) is 91.9 cm³/mol. The number of hydrogen-bond donors (Lipinski definition) is 1.